The van der Waals surface area contributed by atoms with Gasteiger partial charge in [-0.2, -0.15) is 0 Å². The van der Waals surface area contributed by atoms with Crippen molar-refractivity contribution in [1.29, 1.82) is 0 Å². The number of carbonyl (C=O) groups is 4. The lowest BCUT2D eigenvalue weighted by Gasteiger charge is -2.19. The van der Waals surface area contributed by atoms with E-state index >= 15 is 0 Å². The number of primary amides is 1. The van der Waals surface area contributed by atoms with E-state index in [1.54, 1.807) is 0 Å². The highest BCUT2D eigenvalue weighted by atomic mass is 16.5. The molecule has 0 bridgehead atoms. The largest absolute Gasteiger partial charge is 0.465 e. The number of esters is 2. The minimum absolute atomic E-state index is 0.0639. The Hall–Kier alpha value is -3.10. The molecule has 1 rings (SSSR count). The zero-order valence-electron chi connectivity index (χ0n) is 15.1. The van der Waals surface area contributed by atoms with Crippen LogP contribution in [-0.2, 0) is 14.3 Å². The molecule has 0 aromatic heterocycles. The summed E-state index contributed by atoms with van der Waals surface area (Å²) in [5.74, 6) is -1.78. The molecule has 0 fully saturated rings. The number of ether oxygens (including phenoxy) is 2. The summed E-state index contributed by atoms with van der Waals surface area (Å²) in [6.45, 7) is 3.77. The fraction of sp³-hybridized carbons (Fsp3) is 0.412. The van der Waals surface area contributed by atoms with Crippen LogP contribution in [0.3, 0.4) is 0 Å². The van der Waals surface area contributed by atoms with Gasteiger partial charge in [0.25, 0.3) is 0 Å². The molecule has 3 amide bonds. The molecule has 1 atom stereocenters. The molecule has 9 nitrogen and oxygen atoms in total. The van der Waals surface area contributed by atoms with E-state index in [1.807, 2.05) is 13.8 Å². The number of hydrogen-bond donors (Lipinski definition) is 3. The SMILES string of the molecule is COC(=O)c1cc(NC(=O)C(CC(C)C)NC(N)=O)cc(C(=O)OC)c1. The molecule has 0 saturated carbocycles. The second-order valence-corrected chi connectivity index (χ2v) is 5.96. The average molecular weight is 365 g/mol. The van der Waals surface area contributed by atoms with Gasteiger partial charge in [-0.1, -0.05) is 13.8 Å². The Balaban J connectivity index is 3.15. The predicted molar refractivity (Wildman–Crippen MR) is 93.7 cm³/mol. The highest BCUT2D eigenvalue weighted by Crippen LogP contribution is 2.18. The number of anilines is 1. The van der Waals surface area contributed by atoms with Gasteiger partial charge in [0.2, 0.25) is 5.91 Å². The normalized spacial score (nSPS) is 11.4. The smallest absolute Gasteiger partial charge is 0.337 e. The molecule has 4 N–H and O–H groups in total. The standard InChI is InChI=1S/C17H23N3O6/c1-9(2)5-13(20-17(18)24)14(21)19-12-7-10(15(22)25-3)6-11(8-12)16(23)26-4/h6-9,13H,5H2,1-4H3,(H,19,21)(H3,18,20,24). The van der Waals surface area contributed by atoms with Gasteiger partial charge in [0.15, 0.2) is 0 Å². The molecule has 142 valence electrons. The van der Waals surface area contributed by atoms with Crippen molar-refractivity contribution >= 4 is 29.6 Å². The van der Waals surface area contributed by atoms with E-state index in [2.05, 4.69) is 20.1 Å². The number of nitrogens with two attached hydrogens (primary N) is 1. The van der Waals surface area contributed by atoms with E-state index in [0.717, 1.165) is 0 Å². The topological polar surface area (TPSA) is 137 Å². The van der Waals surface area contributed by atoms with Crippen molar-refractivity contribution in [3.8, 4) is 0 Å². The van der Waals surface area contributed by atoms with Crippen LogP contribution in [0.2, 0.25) is 0 Å². The predicted octanol–water partition coefficient (Wildman–Crippen LogP) is 1.28. The molecule has 0 heterocycles. The summed E-state index contributed by atoms with van der Waals surface area (Å²) >= 11 is 0. The summed E-state index contributed by atoms with van der Waals surface area (Å²) in [6.07, 6.45) is 0.356. The van der Waals surface area contributed by atoms with Crippen LogP contribution >= 0.6 is 0 Å². The number of methoxy groups -OCH3 is 2. The van der Waals surface area contributed by atoms with Gasteiger partial charge in [0.1, 0.15) is 6.04 Å². The molecule has 0 aliphatic heterocycles. The molecule has 0 aliphatic carbocycles. The highest BCUT2D eigenvalue weighted by Gasteiger charge is 2.22. The zero-order valence-corrected chi connectivity index (χ0v) is 15.1. The number of carbonyl (C=O) groups excluding carboxylic acids is 4. The molecule has 0 spiro atoms. The summed E-state index contributed by atoms with van der Waals surface area (Å²) < 4.78 is 9.28. The molecule has 0 aliphatic rings. The third-order valence-corrected chi connectivity index (χ3v) is 3.38. The van der Waals surface area contributed by atoms with Crippen LogP contribution in [0, 0.1) is 5.92 Å². The molecule has 0 radical (unpaired) electrons. The molecule has 9 heteroatoms. The summed E-state index contributed by atoms with van der Waals surface area (Å²) in [6, 6.07) is 2.31. The Morgan fingerprint density at radius 2 is 1.50 bits per heavy atom. The van der Waals surface area contributed by atoms with E-state index < -0.39 is 29.9 Å². The first-order chi connectivity index (χ1) is 12.2. The van der Waals surface area contributed by atoms with Crippen LogP contribution in [-0.4, -0.2) is 44.1 Å². The van der Waals surface area contributed by atoms with Crippen LogP contribution in [0.4, 0.5) is 10.5 Å². The van der Waals surface area contributed by atoms with Gasteiger partial charge in [-0.15, -0.1) is 0 Å². The molecule has 26 heavy (non-hydrogen) atoms. The Morgan fingerprint density at radius 3 is 1.88 bits per heavy atom. The van der Waals surface area contributed by atoms with Crippen LogP contribution in [0.25, 0.3) is 0 Å². The third kappa shape index (κ3) is 6.08. The minimum atomic E-state index is -0.865. The second kappa shape index (κ2) is 9.40. The maximum atomic E-state index is 12.5. The minimum Gasteiger partial charge on any atom is -0.465 e. The maximum absolute atomic E-state index is 12.5. The van der Waals surface area contributed by atoms with E-state index in [1.165, 1.54) is 32.4 Å². The number of urea groups is 1. The first-order valence-electron chi connectivity index (χ1n) is 7.86. The van der Waals surface area contributed by atoms with Crippen LogP contribution in [0.15, 0.2) is 18.2 Å². The summed E-state index contributed by atoms with van der Waals surface area (Å²) in [7, 11) is 2.39. The van der Waals surface area contributed by atoms with Crippen molar-refractivity contribution < 1.29 is 28.7 Å². The number of nitrogens with one attached hydrogen (secondary N) is 2. The molecule has 1 aromatic rings. The first kappa shape index (κ1) is 20.9. The van der Waals surface area contributed by atoms with Crippen molar-refractivity contribution in [2.45, 2.75) is 26.3 Å². The molecule has 1 unspecified atom stereocenters. The Morgan fingerprint density at radius 1 is 1.00 bits per heavy atom. The van der Waals surface area contributed by atoms with E-state index in [0.29, 0.717) is 6.42 Å². The quantitative estimate of drug-likeness (QED) is 0.623. The summed E-state index contributed by atoms with van der Waals surface area (Å²) in [5, 5.41) is 4.94. The fourth-order valence-corrected chi connectivity index (χ4v) is 2.28. The number of rotatable bonds is 7. The Labute approximate surface area is 151 Å². The van der Waals surface area contributed by atoms with Gasteiger partial charge in [-0.05, 0) is 30.5 Å². The number of benzene rings is 1. The van der Waals surface area contributed by atoms with E-state index in [4.69, 9.17) is 5.73 Å². The molecule has 0 saturated heterocycles. The average Bonchev–Trinajstić information content (AvgIpc) is 2.58. The first-order valence-corrected chi connectivity index (χ1v) is 7.86. The lowest BCUT2D eigenvalue weighted by molar-refractivity contribution is -0.118. The van der Waals surface area contributed by atoms with E-state index in [9.17, 15) is 19.2 Å². The van der Waals surface area contributed by atoms with Crippen molar-refractivity contribution in [3.05, 3.63) is 29.3 Å². The Bertz CT molecular complexity index is 667. The summed E-state index contributed by atoms with van der Waals surface area (Å²) in [5.41, 5.74) is 5.42. The lowest BCUT2D eigenvalue weighted by atomic mass is 10.0. The van der Waals surface area contributed by atoms with Crippen molar-refractivity contribution in [2.24, 2.45) is 11.7 Å². The van der Waals surface area contributed by atoms with Crippen molar-refractivity contribution in [1.82, 2.24) is 5.32 Å². The van der Waals surface area contributed by atoms with Crippen LogP contribution in [0.1, 0.15) is 41.0 Å². The van der Waals surface area contributed by atoms with Gasteiger partial charge in [0.05, 0.1) is 25.3 Å². The fourth-order valence-electron chi connectivity index (χ4n) is 2.28. The van der Waals surface area contributed by atoms with Crippen molar-refractivity contribution in [3.63, 3.8) is 0 Å². The van der Waals surface area contributed by atoms with Gasteiger partial charge in [-0.3, -0.25) is 4.79 Å². The molecular weight excluding hydrogens is 342 g/mol. The van der Waals surface area contributed by atoms with Gasteiger partial charge < -0.3 is 25.8 Å². The van der Waals surface area contributed by atoms with Crippen LogP contribution < -0.4 is 16.4 Å². The van der Waals surface area contributed by atoms with Crippen molar-refractivity contribution in [2.75, 3.05) is 19.5 Å². The monoisotopic (exact) mass is 365 g/mol. The van der Waals surface area contributed by atoms with E-state index in [-0.39, 0.29) is 22.7 Å². The number of hydrogen-bond acceptors (Lipinski definition) is 6. The third-order valence-electron chi connectivity index (χ3n) is 3.38. The summed E-state index contributed by atoms with van der Waals surface area (Å²) in [4.78, 5) is 47.2. The van der Waals surface area contributed by atoms with Gasteiger partial charge in [0, 0.05) is 5.69 Å². The Kier molecular flexibility index (Phi) is 7.57. The number of amides is 3. The van der Waals surface area contributed by atoms with Gasteiger partial charge >= 0.3 is 18.0 Å². The zero-order chi connectivity index (χ0) is 19.9. The highest BCUT2D eigenvalue weighted by molar-refractivity contribution is 6.01. The maximum Gasteiger partial charge on any atom is 0.337 e. The molecular formula is C17H23N3O6. The van der Waals surface area contributed by atoms with Crippen LogP contribution in [0.5, 0.6) is 0 Å². The van der Waals surface area contributed by atoms with Gasteiger partial charge in [-0.25, -0.2) is 14.4 Å². The second-order valence-electron chi connectivity index (χ2n) is 5.96. The lowest BCUT2D eigenvalue weighted by Crippen LogP contribution is -2.46. The molecule has 1 aromatic carbocycles.